The van der Waals surface area contributed by atoms with Crippen molar-refractivity contribution in [2.45, 2.75) is 31.5 Å². The van der Waals surface area contributed by atoms with Crippen molar-refractivity contribution < 1.29 is 18.3 Å². The first-order chi connectivity index (χ1) is 8.84. The zero-order chi connectivity index (χ0) is 14.1. The Balaban J connectivity index is 2.13. The summed E-state index contributed by atoms with van der Waals surface area (Å²) in [5, 5.41) is 12.4. The highest BCUT2D eigenvalue weighted by atomic mass is 19.4. The summed E-state index contributed by atoms with van der Waals surface area (Å²) < 4.78 is 38.7. The Labute approximate surface area is 110 Å². The molecule has 1 aromatic rings. The molecule has 2 rings (SSSR count). The minimum atomic E-state index is -4.30. The van der Waals surface area contributed by atoms with Crippen molar-refractivity contribution >= 4 is 0 Å². The number of hydrogen-bond acceptors (Lipinski definition) is 2. The van der Waals surface area contributed by atoms with Crippen LogP contribution in [0.2, 0.25) is 0 Å². The van der Waals surface area contributed by atoms with Crippen LogP contribution in [0.5, 0.6) is 0 Å². The summed E-state index contributed by atoms with van der Waals surface area (Å²) in [6.45, 7) is 2.54. The molecule has 2 atom stereocenters. The van der Waals surface area contributed by atoms with Gasteiger partial charge in [-0.3, -0.25) is 0 Å². The number of rotatable bonds is 3. The summed E-state index contributed by atoms with van der Waals surface area (Å²) in [6.07, 6.45) is -3.23. The molecule has 0 saturated carbocycles. The van der Waals surface area contributed by atoms with Crippen molar-refractivity contribution in [3.63, 3.8) is 0 Å². The van der Waals surface area contributed by atoms with E-state index in [1.54, 1.807) is 6.07 Å². The van der Waals surface area contributed by atoms with Crippen LogP contribution in [0.3, 0.4) is 0 Å². The lowest BCUT2D eigenvalue weighted by molar-refractivity contribution is -0.138. The molecule has 1 saturated heterocycles. The van der Waals surface area contributed by atoms with Crippen LogP contribution >= 0.6 is 0 Å². The number of hydrogen-bond donors (Lipinski definition) is 2. The van der Waals surface area contributed by atoms with Crippen molar-refractivity contribution in [2.24, 2.45) is 5.92 Å². The molecule has 0 radical (unpaired) electrons. The van der Waals surface area contributed by atoms with E-state index in [9.17, 15) is 18.3 Å². The lowest BCUT2D eigenvalue weighted by atomic mass is 9.89. The molecule has 0 aromatic heterocycles. The number of nitrogens with one attached hydrogen (secondary N) is 1. The zero-order valence-electron chi connectivity index (χ0n) is 10.8. The monoisotopic (exact) mass is 273 g/mol. The summed E-state index contributed by atoms with van der Waals surface area (Å²) in [5.74, 6) is 0.126. The Morgan fingerprint density at radius 2 is 2.05 bits per heavy atom. The third-order valence-corrected chi connectivity index (χ3v) is 3.74. The summed E-state index contributed by atoms with van der Waals surface area (Å²) in [7, 11) is 0. The van der Waals surface area contributed by atoms with Gasteiger partial charge in [0.1, 0.15) is 0 Å². The normalized spacial score (nSPS) is 27.7. The Morgan fingerprint density at radius 1 is 1.37 bits per heavy atom. The fraction of sp³-hybridized carbons (Fsp3) is 0.571. The van der Waals surface area contributed by atoms with E-state index in [1.807, 2.05) is 6.92 Å². The number of benzene rings is 1. The van der Waals surface area contributed by atoms with Gasteiger partial charge >= 0.3 is 6.18 Å². The molecule has 0 bridgehead atoms. The summed E-state index contributed by atoms with van der Waals surface area (Å²) in [5.41, 5.74) is -0.575. The van der Waals surface area contributed by atoms with E-state index in [1.165, 1.54) is 12.1 Å². The van der Waals surface area contributed by atoms with Crippen molar-refractivity contribution in [3.05, 3.63) is 35.4 Å². The summed E-state index contributed by atoms with van der Waals surface area (Å²) >= 11 is 0. The van der Waals surface area contributed by atoms with Gasteiger partial charge in [-0.2, -0.15) is 13.2 Å². The van der Waals surface area contributed by atoms with Crippen LogP contribution in [0.25, 0.3) is 0 Å². The second-order valence-electron chi connectivity index (χ2n) is 5.53. The number of aliphatic hydroxyl groups is 1. The molecule has 0 spiro atoms. The second kappa shape index (κ2) is 5.13. The minimum absolute atomic E-state index is 0.00438. The van der Waals surface area contributed by atoms with Crippen molar-refractivity contribution in [2.75, 3.05) is 13.2 Å². The minimum Gasteiger partial charge on any atom is -0.394 e. The van der Waals surface area contributed by atoms with E-state index in [0.29, 0.717) is 24.9 Å². The van der Waals surface area contributed by atoms with Gasteiger partial charge in [0.2, 0.25) is 0 Å². The number of alkyl halides is 3. The van der Waals surface area contributed by atoms with Crippen LogP contribution in [0.4, 0.5) is 13.2 Å². The second-order valence-corrected chi connectivity index (χ2v) is 5.53. The Hall–Kier alpha value is -1.07. The van der Waals surface area contributed by atoms with Gasteiger partial charge in [-0.25, -0.2) is 0 Å². The van der Waals surface area contributed by atoms with Crippen LogP contribution in [0, 0.1) is 5.92 Å². The topological polar surface area (TPSA) is 32.3 Å². The molecule has 19 heavy (non-hydrogen) atoms. The number of aliphatic hydroxyl groups excluding tert-OH is 1. The third-order valence-electron chi connectivity index (χ3n) is 3.74. The Kier molecular flexibility index (Phi) is 3.87. The average molecular weight is 273 g/mol. The van der Waals surface area contributed by atoms with Gasteiger partial charge in [0.15, 0.2) is 0 Å². The highest BCUT2D eigenvalue weighted by Crippen LogP contribution is 2.34. The zero-order valence-corrected chi connectivity index (χ0v) is 10.8. The standard InChI is InChI=1S/C14H18F3NO/c1-13(9-19)7-10(8-18-13)6-11-4-2-3-5-12(11)14(15,16)17/h2-5,10,18-19H,6-9H2,1H3. The highest BCUT2D eigenvalue weighted by Gasteiger charge is 2.37. The molecular weight excluding hydrogens is 255 g/mol. The van der Waals surface area contributed by atoms with Gasteiger partial charge in [0.05, 0.1) is 12.2 Å². The number of halogens is 3. The average Bonchev–Trinajstić information content (AvgIpc) is 2.71. The SMILES string of the molecule is CC1(CO)CC(Cc2ccccc2C(F)(F)F)CN1. The van der Waals surface area contributed by atoms with Crippen molar-refractivity contribution in [1.29, 1.82) is 0 Å². The van der Waals surface area contributed by atoms with Gasteiger partial charge in [0.25, 0.3) is 0 Å². The Morgan fingerprint density at radius 3 is 2.63 bits per heavy atom. The third kappa shape index (κ3) is 3.28. The summed E-state index contributed by atoms with van der Waals surface area (Å²) in [6, 6.07) is 5.72. The molecule has 2 N–H and O–H groups in total. The molecule has 1 fully saturated rings. The first-order valence-electron chi connectivity index (χ1n) is 6.35. The lowest BCUT2D eigenvalue weighted by Crippen LogP contribution is -2.39. The van der Waals surface area contributed by atoms with Crippen LogP contribution in [-0.4, -0.2) is 23.8 Å². The van der Waals surface area contributed by atoms with Gasteiger partial charge in [-0.05, 0) is 43.9 Å². The van der Waals surface area contributed by atoms with Crippen LogP contribution in [0.1, 0.15) is 24.5 Å². The molecule has 1 aliphatic heterocycles. The predicted molar refractivity (Wildman–Crippen MR) is 66.7 cm³/mol. The molecule has 1 heterocycles. The fourth-order valence-electron chi connectivity index (χ4n) is 2.72. The predicted octanol–water partition coefficient (Wildman–Crippen LogP) is 2.61. The van der Waals surface area contributed by atoms with E-state index < -0.39 is 11.7 Å². The molecule has 5 heteroatoms. The lowest BCUT2D eigenvalue weighted by Gasteiger charge is -2.21. The fourth-order valence-corrected chi connectivity index (χ4v) is 2.72. The maximum Gasteiger partial charge on any atom is 0.416 e. The molecule has 1 aromatic carbocycles. The molecule has 1 aliphatic rings. The highest BCUT2D eigenvalue weighted by molar-refractivity contribution is 5.30. The van der Waals surface area contributed by atoms with Crippen LogP contribution < -0.4 is 5.32 Å². The first kappa shape index (κ1) is 14.3. The maximum atomic E-state index is 12.9. The van der Waals surface area contributed by atoms with E-state index >= 15 is 0 Å². The van der Waals surface area contributed by atoms with Gasteiger partial charge in [0, 0.05) is 5.54 Å². The molecule has 0 aliphatic carbocycles. The summed E-state index contributed by atoms with van der Waals surface area (Å²) in [4.78, 5) is 0. The first-order valence-corrected chi connectivity index (χ1v) is 6.35. The maximum absolute atomic E-state index is 12.9. The van der Waals surface area contributed by atoms with Gasteiger partial charge in [-0.1, -0.05) is 18.2 Å². The van der Waals surface area contributed by atoms with E-state index in [2.05, 4.69) is 5.32 Å². The largest absolute Gasteiger partial charge is 0.416 e. The molecular formula is C14H18F3NO. The Bertz CT molecular complexity index is 447. The molecule has 2 unspecified atom stereocenters. The van der Waals surface area contributed by atoms with Gasteiger partial charge < -0.3 is 10.4 Å². The van der Waals surface area contributed by atoms with Crippen LogP contribution in [0.15, 0.2) is 24.3 Å². The van der Waals surface area contributed by atoms with Crippen molar-refractivity contribution in [3.8, 4) is 0 Å². The molecule has 2 nitrogen and oxygen atoms in total. The quantitative estimate of drug-likeness (QED) is 0.887. The van der Waals surface area contributed by atoms with Crippen molar-refractivity contribution in [1.82, 2.24) is 5.32 Å². The smallest absolute Gasteiger partial charge is 0.394 e. The molecule has 0 amide bonds. The molecule has 106 valence electrons. The van der Waals surface area contributed by atoms with Gasteiger partial charge in [-0.15, -0.1) is 0 Å². The van der Waals surface area contributed by atoms with Crippen LogP contribution in [-0.2, 0) is 12.6 Å². The van der Waals surface area contributed by atoms with E-state index in [0.717, 1.165) is 6.07 Å². The van der Waals surface area contributed by atoms with E-state index in [4.69, 9.17) is 0 Å². The van der Waals surface area contributed by atoms with E-state index in [-0.39, 0.29) is 18.1 Å².